The van der Waals surface area contributed by atoms with Gasteiger partial charge in [-0.05, 0) is 7.60 Å². The minimum absolute atomic E-state index is 0. The molecule has 14 heavy (non-hydrogen) atoms. The molecule has 7 nitrogen and oxygen atoms in total. The first-order valence-electron chi connectivity index (χ1n) is 2.89. The monoisotopic (exact) mass is 243 g/mol. The van der Waals surface area contributed by atoms with E-state index in [1.54, 1.807) is 0 Å². The van der Waals surface area contributed by atoms with Gasteiger partial charge < -0.3 is 19.1 Å². The molecule has 1 N–H and O–H groups in total. The molecule has 0 atom stereocenters. The third kappa shape index (κ3) is 13.5. The first-order chi connectivity index (χ1) is 5.33. The van der Waals surface area contributed by atoms with Crippen LogP contribution in [0, 0.1) is 0 Å². The van der Waals surface area contributed by atoms with Crippen LogP contribution < -0.4 is 68.9 Å². The molecule has 0 radical (unpaired) electrons. The summed E-state index contributed by atoms with van der Waals surface area (Å²) in [5.74, 6) is -0.707. The molecule has 1 amide bonds. The molecule has 0 fully saturated rings. The number of amides is 1. The molecule has 0 aromatic rings. The summed E-state index contributed by atoms with van der Waals surface area (Å²) in [6, 6.07) is 0. The fraction of sp³-hybridized carbons (Fsp3) is 0.750. The molecule has 0 saturated heterocycles. The molecular weight excluding hydrogens is 235 g/mol. The number of rotatable bonds is 4. The van der Waals surface area contributed by atoms with Gasteiger partial charge in [0, 0.05) is 6.92 Å². The van der Waals surface area contributed by atoms with Gasteiger partial charge in [0.1, 0.15) is 6.73 Å². The number of hydrogen-bond donors (Lipinski definition) is 1. The standard InChI is InChI=1S/C4H10NO6P.2Na/c1-4(6)5(7)2-11-3-12(8,9)10;;/h7H,2-3H2,1H3,(H2,8,9,10);;/q;2*+1/p-2. The summed E-state index contributed by atoms with van der Waals surface area (Å²) in [5.41, 5.74) is 0. The Labute approximate surface area is 125 Å². The van der Waals surface area contributed by atoms with E-state index in [0.717, 1.165) is 6.92 Å². The SMILES string of the molecule is CC(=O)N(O)COCP(=O)([O-])[O-].[Na+].[Na+]. The summed E-state index contributed by atoms with van der Waals surface area (Å²) in [6.45, 7) is 0.418. The van der Waals surface area contributed by atoms with Crippen molar-refractivity contribution >= 4 is 13.5 Å². The number of hydroxylamine groups is 2. The van der Waals surface area contributed by atoms with Crippen LogP contribution in [0.15, 0.2) is 0 Å². The number of carbonyl (C=O) groups excluding carboxylic acids is 1. The first-order valence-corrected chi connectivity index (χ1v) is 4.61. The van der Waals surface area contributed by atoms with E-state index in [1.165, 1.54) is 0 Å². The van der Waals surface area contributed by atoms with Crippen LogP contribution in [0.25, 0.3) is 0 Å². The molecule has 0 heterocycles. The molecule has 0 aliphatic heterocycles. The molecule has 72 valence electrons. The van der Waals surface area contributed by atoms with Crippen LogP contribution in [0.2, 0.25) is 0 Å². The maximum Gasteiger partial charge on any atom is 1.00 e. The molecule has 0 spiro atoms. The van der Waals surface area contributed by atoms with E-state index in [-0.39, 0.29) is 64.2 Å². The zero-order valence-corrected chi connectivity index (χ0v) is 13.2. The van der Waals surface area contributed by atoms with E-state index in [4.69, 9.17) is 5.21 Å². The molecule has 0 aliphatic rings. The van der Waals surface area contributed by atoms with Crippen molar-refractivity contribution in [3.63, 3.8) is 0 Å². The van der Waals surface area contributed by atoms with Crippen LogP contribution in [0.1, 0.15) is 6.92 Å². The Balaban J connectivity index is -0.000000605. The maximum absolute atomic E-state index is 10.3. The summed E-state index contributed by atoms with van der Waals surface area (Å²) in [7, 11) is -4.72. The van der Waals surface area contributed by atoms with Crippen molar-refractivity contribution in [2.75, 3.05) is 13.1 Å². The Morgan fingerprint density at radius 1 is 1.50 bits per heavy atom. The third-order valence-corrected chi connectivity index (χ3v) is 1.33. The van der Waals surface area contributed by atoms with Crippen molar-refractivity contribution in [3.8, 4) is 0 Å². The van der Waals surface area contributed by atoms with Gasteiger partial charge in [0.05, 0.1) is 6.35 Å². The molecule has 0 bridgehead atoms. The summed E-state index contributed by atoms with van der Waals surface area (Å²) < 4.78 is 14.1. The average molecular weight is 243 g/mol. The molecule has 0 aromatic carbocycles. The smallest absolute Gasteiger partial charge is 0.809 e. The first kappa shape index (κ1) is 20.9. The van der Waals surface area contributed by atoms with E-state index >= 15 is 0 Å². The van der Waals surface area contributed by atoms with E-state index in [0.29, 0.717) is 0 Å². The van der Waals surface area contributed by atoms with Gasteiger partial charge in [-0.1, -0.05) is 0 Å². The van der Waals surface area contributed by atoms with Crippen molar-refractivity contribution in [2.24, 2.45) is 0 Å². The zero-order chi connectivity index (χ0) is 9.78. The zero-order valence-electron chi connectivity index (χ0n) is 8.30. The van der Waals surface area contributed by atoms with Crippen molar-refractivity contribution in [2.45, 2.75) is 6.92 Å². The summed E-state index contributed by atoms with van der Waals surface area (Å²) in [6.07, 6.45) is -1.04. The molecule has 0 rings (SSSR count). The van der Waals surface area contributed by atoms with Crippen LogP contribution in [0.3, 0.4) is 0 Å². The van der Waals surface area contributed by atoms with Crippen LogP contribution in [-0.4, -0.2) is 29.3 Å². The van der Waals surface area contributed by atoms with Gasteiger partial charge in [0.15, 0.2) is 0 Å². The molecular formula is C4H8NNa2O6P. The van der Waals surface area contributed by atoms with Gasteiger partial charge in [-0.15, -0.1) is 0 Å². The average Bonchev–Trinajstić information content (AvgIpc) is 1.84. The Morgan fingerprint density at radius 2 is 1.93 bits per heavy atom. The molecule has 0 unspecified atom stereocenters. The second-order valence-electron chi connectivity index (χ2n) is 1.99. The number of carbonyl (C=O) groups is 1. The van der Waals surface area contributed by atoms with Gasteiger partial charge in [-0.2, -0.15) is 5.06 Å². The van der Waals surface area contributed by atoms with Crippen LogP contribution in [0.4, 0.5) is 0 Å². The van der Waals surface area contributed by atoms with E-state index in [1.807, 2.05) is 0 Å². The fourth-order valence-electron chi connectivity index (χ4n) is 0.330. The van der Waals surface area contributed by atoms with Crippen molar-refractivity contribution in [3.05, 3.63) is 0 Å². The second kappa shape index (κ2) is 9.74. The van der Waals surface area contributed by atoms with E-state index < -0.39 is 26.6 Å². The molecule has 0 aliphatic carbocycles. The van der Waals surface area contributed by atoms with Crippen molar-refractivity contribution in [1.29, 1.82) is 0 Å². The van der Waals surface area contributed by atoms with Gasteiger partial charge in [0.25, 0.3) is 0 Å². The van der Waals surface area contributed by atoms with Gasteiger partial charge in [-0.25, -0.2) is 0 Å². The van der Waals surface area contributed by atoms with Gasteiger partial charge in [-0.3, -0.25) is 10.0 Å². The predicted octanol–water partition coefficient (Wildman–Crippen LogP) is -7.92. The molecule has 0 aromatic heterocycles. The number of nitrogens with zero attached hydrogens (tertiary/aromatic N) is 1. The summed E-state index contributed by atoms with van der Waals surface area (Å²) in [4.78, 5) is 30.2. The van der Waals surface area contributed by atoms with Crippen LogP contribution in [0.5, 0.6) is 0 Å². The van der Waals surface area contributed by atoms with E-state index in [2.05, 4.69) is 4.74 Å². The quantitative estimate of drug-likeness (QED) is 0.172. The normalized spacial score (nSPS) is 9.71. The summed E-state index contributed by atoms with van der Waals surface area (Å²) >= 11 is 0. The van der Waals surface area contributed by atoms with Crippen molar-refractivity contribution < 1.29 is 88.2 Å². The largest absolute Gasteiger partial charge is 1.00 e. The third-order valence-electron chi connectivity index (χ3n) is 0.826. The number of ether oxygens (including phenoxy) is 1. The Morgan fingerprint density at radius 3 is 2.21 bits per heavy atom. The minimum atomic E-state index is -4.72. The van der Waals surface area contributed by atoms with E-state index in [9.17, 15) is 19.1 Å². The predicted molar refractivity (Wildman–Crippen MR) is 32.7 cm³/mol. The van der Waals surface area contributed by atoms with Gasteiger partial charge >= 0.3 is 59.1 Å². The summed E-state index contributed by atoms with van der Waals surface area (Å²) in [5, 5.41) is 8.74. The van der Waals surface area contributed by atoms with Gasteiger partial charge in [0.2, 0.25) is 5.91 Å². The maximum atomic E-state index is 10.3. The Kier molecular flexibility index (Phi) is 14.5. The topological polar surface area (TPSA) is 113 Å². The number of hydrogen-bond acceptors (Lipinski definition) is 6. The van der Waals surface area contributed by atoms with Crippen LogP contribution >= 0.6 is 7.60 Å². The Hall–Kier alpha value is 1.54. The molecule has 0 saturated carbocycles. The minimum Gasteiger partial charge on any atom is -0.809 e. The second-order valence-corrected chi connectivity index (χ2v) is 3.47. The van der Waals surface area contributed by atoms with Crippen LogP contribution in [-0.2, 0) is 14.1 Å². The molecule has 10 heteroatoms. The Bertz CT molecular complexity index is 208. The van der Waals surface area contributed by atoms with Crippen molar-refractivity contribution in [1.82, 2.24) is 5.06 Å². The fourth-order valence-corrected chi connectivity index (χ4v) is 0.635.